The zero-order valence-corrected chi connectivity index (χ0v) is 16.7. The molecule has 1 amide bonds. The Bertz CT molecular complexity index is 717. The van der Waals surface area contributed by atoms with E-state index in [1.54, 1.807) is 6.07 Å². The highest BCUT2D eigenvalue weighted by Crippen LogP contribution is 2.26. The third kappa shape index (κ3) is 7.20. The van der Waals surface area contributed by atoms with Crippen LogP contribution in [0.5, 0.6) is 0 Å². The largest absolute Gasteiger partial charge is 0.480 e. The van der Waals surface area contributed by atoms with Crippen molar-refractivity contribution in [3.05, 3.63) is 34.9 Å². The molecular formula is C18H20Cl3NO5. The van der Waals surface area contributed by atoms with Crippen LogP contribution < -0.4 is 5.32 Å². The summed E-state index contributed by atoms with van der Waals surface area (Å²) in [6.07, 6.45) is 3.09. The van der Waals surface area contributed by atoms with Gasteiger partial charge in [-0.1, -0.05) is 46.9 Å². The number of alkyl carbamates (subject to hydrolysis) is 1. The Kier molecular flexibility index (Phi) is 7.77. The van der Waals surface area contributed by atoms with Gasteiger partial charge in [0.2, 0.25) is 3.79 Å². The second-order valence-corrected chi connectivity index (χ2v) is 8.89. The molecule has 0 heterocycles. The summed E-state index contributed by atoms with van der Waals surface area (Å²) in [5.74, 6) is -1.45. The lowest BCUT2D eigenvalue weighted by Crippen LogP contribution is -2.42. The number of hydrogen-bond donors (Lipinski definition) is 2. The molecule has 1 atom stereocenters. The van der Waals surface area contributed by atoms with Gasteiger partial charge in [0, 0.05) is 12.0 Å². The molecule has 1 aliphatic rings. The number of nitrogens with one attached hydrogen (secondary N) is 1. The van der Waals surface area contributed by atoms with E-state index in [-0.39, 0.29) is 18.6 Å². The Hall–Kier alpha value is -1.50. The lowest BCUT2D eigenvalue weighted by atomic mass is 9.89. The topological polar surface area (TPSA) is 92.7 Å². The summed E-state index contributed by atoms with van der Waals surface area (Å²) in [6, 6.07) is 4.33. The first kappa shape index (κ1) is 21.8. The molecule has 1 aromatic rings. The van der Waals surface area contributed by atoms with Crippen LogP contribution in [0.15, 0.2) is 18.2 Å². The van der Waals surface area contributed by atoms with Crippen molar-refractivity contribution in [3.63, 3.8) is 0 Å². The zero-order valence-electron chi connectivity index (χ0n) is 14.5. The van der Waals surface area contributed by atoms with Gasteiger partial charge in [-0.2, -0.15) is 0 Å². The van der Waals surface area contributed by atoms with E-state index in [1.165, 1.54) is 11.1 Å². The number of halogens is 3. The fraction of sp³-hybridized carbons (Fsp3) is 0.500. The van der Waals surface area contributed by atoms with Crippen LogP contribution in [0.3, 0.4) is 0 Å². The van der Waals surface area contributed by atoms with Gasteiger partial charge >= 0.3 is 12.1 Å². The van der Waals surface area contributed by atoms with Gasteiger partial charge in [-0.05, 0) is 49.3 Å². The van der Waals surface area contributed by atoms with Crippen molar-refractivity contribution in [2.75, 3.05) is 6.61 Å². The molecule has 1 unspecified atom stereocenters. The van der Waals surface area contributed by atoms with E-state index in [2.05, 4.69) is 10.1 Å². The number of carboxylic acid groups (broad SMARTS) is 1. The molecule has 0 fully saturated rings. The lowest BCUT2D eigenvalue weighted by Gasteiger charge is -2.17. The van der Waals surface area contributed by atoms with Crippen LogP contribution in [-0.2, 0) is 22.4 Å². The van der Waals surface area contributed by atoms with Crippen molar-refractivity contribution in [2.24, 2.45) is 0 Å². The molecule has 2 rings (SSSR count). The summed E-state index contributed by atoms with van der Waals surface area (Å²) < 4.78 is 2.85. The molecule has 0 saturated heterocycles. The number of ether oxygens (including phenoxy) is 1. The van der Waals surface area contributed by atoms with Gasteiger partial charge in [0.05, 0.1) is 0 Å². The van der Waals surface area contributed by atoms with Gasteiger partial charge in [0.1, 0.15) is 12.6 Å². The number of aryl methyl sites for hydroxylation is 2. The standard InChI is InChI=1S/C18H20Cl3NO5/c19-18(20,21)10-27-17(26)22-14(16(24)25)7-8-15(23)13-6-5-11-3-1-2-4-12(11)9-13/h5-6,9,14H,1-4,7-8,10H2,(H,22,26)(H,24,25). The van der Waals surface area contributed by atoms with Crippen LogP contribution in [0.4, 0.5) is 4.79 Å². The molecule has 1 aromatic carbocycles. The number of Topliss-reactive ketones (excluding diaryl/α,β-unsaturated/α-hetero) is 1. The average molecular weight is 437 g/mol. The van der Waals surface area contributed by atoms with Crippen molar-refractivity contribution in [1.82, 2.24) is 5.32 Å². The van der Waals surface area contributed by atoms with E-state index in [4.69, 9.17) is 34.8 Å². The Labute approximate surface area is 172 Å². The van der Waals surface area contributed by atoms with Crippen LogP contribution in [0.1, 0.15) is 47.2 Å². The van der Waals surface area contributed by atoms with E-state index in [0.717, 1.165) is 25.7 Å². The van der Waals surface area contributed by atoms with Crippen molar-refractivity contribution in [2.45, 2.75) is 48.4 Å². The van der Waals surface area contributed by atoms with E-state index >= 15 is 0 Å². The van der Waals surface area contributed by atoms with Gasteiger partial charge in [-0.25, -0.2) is 9.59 Å². The molecule has 27 heavy (non-hydrogen) atoms. The van der Waals surface area contributed by atoms with Gasteiger partial charge in [-0.3, -0.25) is 4.79 Å². The number of benzene rings is 1. The average Bonchev–Trinajstić information content (AvgIpc) is 2.61. The minimum absolute atomic E-state index is 0.0273. The molecular weight excluding hydrogens is 417 g/mol. The van der Waals surface area contributed by atoms with Crippen LogP contribution in [0.2, 0.25) is 0 Å². The van der Waals surface area contributed by atoms with Crippen molar-refractivity contribution >= 4 is 52.6 Å². The zero-order chi connectivity index (χ0) is 20.0. The Morgan fingerprint density at radius 2 is 1.81 bits per heavy atom. The number of amides is 1. The maximum absolute atomic E-state index is 12.4. The van der Waals surface area contributed by atoms with Gasteiger partial charge in [0.25, 0.3) is 0 Å². The van der Waals surface area contributed by atoms with Crippen LogP contribution in [-0.4, -0.2) is 39.4 Å². The highest BCUT2D eigenvalue weighted by molar-refractivity contribution is 6.67. The Balaban J connectivity index is 1.90. The smallest absolute Gasteiger partial charge is 0.407 e. The normalized spacial score (nSPS) is 14.8. The third-order valence-electron chi connectivity index (χ3n) is 4.29. The number of aliphatic carboxylic acids is 1. The number of carbonyl (C=O) groups excluding carboxylic acids is 2. The highest BCUT2D eigenvalue weighted by Gasteiger charge is 2.26. The van der Waals surface area contributed by atoms with E-state index in [0.29, 0.717) is 5.56 Å². The number of carbonyl (C=O) groups is 3. The number of alkyl halides is 3. The fourth-order valence-electron chi connectivity index (χ4n) is 2.92. The molecule has 2 N–H and O–H groups in total. The number of hydrogen-bond acceptors (Lipinski definition) is 4. The molecule has 0 aromatic heterocycles. The molecule has 0 aliphatic heterocycles. The maximum atomic E-state index is 12.4. The van der Waals surface area contributed by atoms with Crippen molar-refractivity contribution in [1.29, 1.82) is 0 Å². The van der Waals surface area contributed by atoms with Gasteiger partial charge in [-0.15, -0.1) is 0 Å². The predicted molar refractivity (Wildman–Crippen MR) is 103 cm³/mol. The SMILES string of the molecule is O=C(NC(CCC(=O)c1ccc2c(c1)CCCC2)C(=O)O)OCC(Cl)(Cl)Cl. The molecule has 1 aliphatic carbocycles. The number of carboxylic acids is 1. The first-order valence-corrected chi connectivity index (χ1v) is 9.67. The molecule has 0 radical (unpaired) electrons. The number of ketones is 1. The first-order valence-electron chi connectivity index (χ1n) is 8.53. The molecule has 148 valence electrons. The summed E-state index contributed by atoms with van der Waals surface area (Å²) in [7, 11) is 0. The first-order chi connectivity index (χ1) is 12.7. The molecule has 0 bridgehead atoms. The highest BCUT2D eigenvalue weighted by atomic mass is 35.6. The fourth-order valence-corrected chi connectivity index (χ4v) is 3.08. The predicted octanol–water partition coefficient (Wildman–Crippen LogP) is 4.08. The van der Waals surface area contributed by atoms with Gasteiger partial charge in [0.15, 0.2) is 5.78 Å². The van der Waals surface area contributed by atoms with Crippen LogP contribution in [0, 0.1) is 0 Å². The van der Waals surface area contributed by atoms with Crippen molar-refractivity contribution < 1.29 is 24.2 Å². The summed E-state index contributed by atoms with van der Waals surface area (Å²) in [5.41, 5.74) is 2.99. The monoisotopic (exact) mass is 435 g/mol. The maximum Gasteiger partial charge on any atom is 0.407 e. The van der Waals surface area contributed by atoms with E-state index < -0.39 is 28.5 Å². The summed E-state index contributed by atoms with van der Waals surface area (Å²) >= 11 is 16.4. The second kappa shape index (κ2) is 9.62. The quantitative estimate of drug-likeness (QED) is 0.496. The van der Waals surface area contributed by atoms with Gasteiger partial charge < -0.3 is 15.2 Å². The third-order valence-corrected chi connectivity index (χ3v) is 4.61. The lowest BCUT2D eigenvalue weighted by molar-refractivity contribution is -0.139. The second-order valence-electron chi connectivity index (χ2n) is 6.38. The van der Waals surface area contributed by atoms with E-state index in [1.807, 2.05) is 12.1 Å². The van der Waals surface area contributed by atoms with Crippen LogP contribution in [0.25, 0.3) is 0 Å². The van der Waals surface area contributed by atoms with Crippen LogP contribution >= 0.6 is 34.8 Å². The molecule has 0 saturated carbocycles. The van der Waals surface area contributed by atoms with E-state index in [9.17, 15) is 19.5 Å². The summed E-state index contributed by atoms with van der Waals surface area (Å²) in [4.78, 5) is 35.4. The minimum atomic E-state index is -1.79. The molecule has 9 heteroatoms. The summed E-state index contributed by atoms with van der Waals surface area (Å²) in [5, 5.41) is 11.4. The van der Waals surface area contributed by atoms with Crippen molar-refractivity contribution in [3.8, 4) is 0 Å². The summed E-state index contributed by atoms with van der Waals surface area (Å²) in [6.45, 7) is -0.524. The Morgan fingerprint density at radius 1 is 1.15 bits per heavy atom. The Morgan fingerprint density at radius 3 is 2.44 bits per heavy atom. The minimum Gasteiger partial charge on any atom is -0.480 e. The number of fused-ring (bicyclic) bond motifs is 1. The molecule has 6 nitrogen and oxygen atoms in total. The number of rotatable bonds is 7. The molecule has 0 spiro atoms.